The van der Waals surface area contributed by atoms with Gasteiger partial charge in [-0.3, -0.25) is 4.79 Å². The van der Waals surface area contributed by atoms with E-state index in [2.05, 4.69) is 33.6 Å². The average molecular weight is 373 g/mol. The Morgan fingerprint density at radius 3 is 3.00 bits per heavy atom. The first-order valence-corrected chi connectivity index (χ1v) is 10.1. The molecule has 1 saturated heterocycles. The summed E-state index contributed by atoms with van der Waals surface area (Å²) in [6.45, 7) is 7.64. The number of methoxy groups -OCH3 is 1. The topological polar surface area (TPSA) is 59.4 Å². The Morgan fingerprint density at radius 1 is 1.44 bits per heavy atom. The lowest BCUT2D eigenvalue weighted by Crippen LogP contribution is -2.52. The summed E-state index contributed by atoms with van der Waals surface area (Å²) in [5, 5.41) is 4.47. The minimum absolute atomic E-state index is 0.114. The predicted octanol–water partition coefficient (Wildman–Crippen LogP) is 3.07. The van der Waals surface area contributed by atoms with Gasteiger partial charge < -0.3 is 19.5 Å². The molecule has 6 heteroatoms. The maximum Gasteiger partial charge on any atom is 0.271 e. The van der Waals surface area contributed by atoms with E-state index in [1.807, 2.05) is 18.2 Å². The van der Waals surface area contributed by atoms with Crippen LogP contribution in [0.4, 0.5) is 0 Å². The molecule has 2 aromatic rings. The van der Waals surface area contributed by atoms with E-state index in [0.29, 0.717) is 0 Å². The number of rotatable bonds is 8. The molecule has 0 aromatic carbocycles. The van der Waals surface area contributed by atoms with Crippen LogP contribution in [0.3, 0.4) is 0 Å². The van der Waals surface area contributed by atoms with Crippen LogP contribution in [-0.2, 0) is 11.3 Å². The maximum atomic E-state index is 13.6. The van der Waals surface area contributed by atoms with Crippen LogP contribution in [0.25, 0.3) is 11.0 Å². The lowest BCUT2D eigenvalue weighted by molar-refractivity contribution is 0.0562. The second-order valence-electron chi connectivity index (χ2n) is 7.60. The van der Waals surface area contributed by atoms with Gasteiger partial charge in [0.1, 0.15) is 11.3 Å². The molecule has 0 radical (unpaired) electrons. The molecule has 27 heavy (non-hydrogen) atoms. The fourth-order valence-corrected chi connectivity index (χ4v) is 4.03. The van der Waals surface area contributed by atoms with Crippen molar-refractivity contribution >= 4 is 16.9 Å². The number of hydrogen-bond donors (Lipinski definition) is 1. The van der Waals surface area contributed by atoms with E-state index in [-0.39, 0.29) is 18.0 Å². The van der Waals surface area contributed by atoms with Crippen molar-refractivity contribution in [1.82, 2.24) is 19.8 Å². The normalized spacial score (nSPS) is 17.6. The molecular weight excluding hydrogens is 340 g/mol. The number of aryl methyl sites for hydroxylation is 1. The zero-order valence-electron chi connectivity index (χ0n) is 16.8. The van der Waals surface area contributed by atoms with E-state index >= 15 is 0 Å². The molecule has 6 nitrogen and oxygen atoms in total. The number of unbranched alkanes of at least 4 members (excludes halogenated alkanes) is 1. The van der Waals surface area contributed by atoms with Crippen molar-refractivity contribution in [2.45, 2.75) is 58.2 Å². The highest BCUT2D eigenvalue weighted by molar-refractivity contribution is 5.98. The molecule has 1 fully saturated rings. The molecule has 3 rings (SSSR count). The number of aromatic nitrogens is 2. The van der Waals surface area contributed by atoms with Crippen LogP contribution in [0.5, 0.6) is 0 Å². The van der Waals surface area contributed by atoms with Crippen LogP contribution in [0.2, 0.25) is 0 Å². The maximum absolute atomic E-state index is 13.6. The molecular formula is C21H32N4O2. The van der Waals surface area contributed by atoms with Crippen molar-refractivity contribution in [3.63, 3.8) is 0 Å². The van der Waals surface area contributed by atoms with Crippen LogP contribution >= 0.6 is 0 Å². The van der Waals surface area contributed by atoms with E-state index in [1.54, 1.807) is 13.3 Å². The van der Waals surface area contributed by atoms with E-state index in [1.165, 1.54) is 0 Å². The zero-order valence-corrected chi connectivity index (χ0v) is 16.8. The molecule has 1 aliphatic rings. The number of nitrogens with one attached hydrogen (secondary N) is 1. The number of hydrogen-bond acceptors (Lipinski definition) is 4. The Hall–Kier alpha value is -1.92. The van der Waals surface area contributed by atoms with Crippen molar-refractivity contribution in [1.29, 1.82) is 0 Å². The summed E-state index contributed by atoms with van der Waals surface area (Å²) in [5.41, 5.74) is 1.64. The third-order valence-electron chi connectivity index (χ3n) is 5.31. The molecule has 1 N–H and O–H groups in total. The quantitative estimate of drug-likeness (QED) is 0.724. The van der Waals surface area contributed by atoms with Crippen LogP contribution in [0.1, 0.15) is 50.0 Å². The fraction of sp³-hybridized carbons (Fsp3) is 0.619. The summed E-state index contributed by atoms with van der Waals surface area (Å²) in [6.07, 6.45) is 5.90. The first-order valence-electron chi connectivity index (χ1n) is 10.1. The highest BCUT2D eigenvalue weighted by Crippen LogP contribution is 2.23. The van der Waals surface area contributed by atoms with Crippen molar-refractivity contribution in [3.05, 3.63) is 30.1 Å². The first-order chi connectivity index (χ1) is 13.1. The lowest BCUT2D eigenvalue weighted by Gasteiger charge is -2.37. The van der Waals surface area contributed by atoms with E-state index in [9.17, 15) is 4.79 Å². The summed E-state index contributed by atoms with van der Waals surface area (Å²) in [6, 6.07) is 6.38. The Morgan fingerprint density at radius 2 is 2.30 bits per heavy atom. The van der Waals surface area contributed by atoms with Gasteiger partial charge >= 0.3 is 0 Å². The predicted molar refractivity (Wildman–Crippen MR) is 108 cm³/mol. The molecule has 0 unspecified atom stereocenters. The van der Waals surface area contributed by atoms with Gasteiger partial charge in [-0.2, -0.15) is 0 Å². The summed E-state index contributed by atoms with van der Waals surface area (Å²) < 4.78 is 7.26. The summed E-state index contributed by atoms with van der Waals surface area (Å²) in [7, 11) is 1.72. The third kappa shape index (κ3) is 4.50. The number of nitrogens with zero attached hydrogens (tertiary/aromatic N) is 3. The monoisotopic (exact) mass is 372 g/mol. The molecule has 0 bridgehead atoms. The van der Waals surface area contributed by atoms with Crippen molar-refractivity contribution in [2.24, 2.45) is 0 Å². The van der Waals surface area contributed by atoms with Gasteiger partial charge in [-0.1, -0.05) is 0 Å². The SMILES string of the molecule is COCCCCn1c(C(=O)N(C(C)C)[C@@H]2CCCNC2)cc2cccnc21. The van der Waals surface area contributed by atoms with Crippen molar-refractivity contribution in [3.8, 4) is 0 Å². The molecule has 0 saturated carbocycles. The molecule has 0 aliphatic carbocycles. The summed E-state index contributed by atoms with van der Waals surface area (Å²) >= 11 is 0. The molecule has 3 heterocycles. The van der Waals surface area contributed by atoms with Gasteiger partial charge in [0.25, 0.3) is 5.91 Å². The molecule has 1 aliphatic heterocycles. The molecule has 0 spiro atoms. The third-order valence-corrected chi connectivity index (χ3v) is 5.31. The van der Waals surface area contributed by atoms with Crippen LogP contribution < -0.4 is 5.32 Å². The highest BCUT2D eigenvalue weighted by atomic mass is 16.5. The minimum Gasteiger partial charge on any atom is -0.385 e. The Bertz CT molecular complexity index is 750. The van der Waals surface area contributed by atoms with Gasteiger partial charge in [-0.15, -0.1) is 0 Å². The summed E-state index contributed by atoms with van der Waals surface area (Å²) in [5.74, 6) is 0.114. The zero-order chi connectivity index (χ0) is 19.2. The molecule has 2 aromatic heterocycles. The van der Waals surface area contributed by atoms with Crippen LogP contribution in [-0.4, -0.2) is 59.2 Å². The van der Waals surface area contributed by atoms with E-state index in [4.69, 9.17) is 4.74 Å². The number of amides is 1. The van der Waals surface area contributed by atoms with Gasteiger partial charge in [-0.05, 0) is 64.3 Å². The second kappa shape index (κ2) is 9.33. The first kappa shape index (κ1) is 19.8. The fourth-order valence-electron chi connectivity index (χ4n) is 4.03. The number of piperidine rings is 1. The number of pyridine rings is 1. The second-order valence-corrected chi connectivity index (χ2v) is 7.60. The number of carbonyl (C=O) groups excluding carboxylic acids is 1. The average Bonchev–Trinajstić information content (AvgIpc) is 3.05. The standard InChI is InChI=1S/C21H32N4O2/c1-16(2)25(18-9-7-10-22-15-18)21(26)19-14-17-8-6-11-23-20(17)24(19)12-4-5-13-27-3/h6,8,11,14,16,18,22H,4-5,7,9-10,12-13,15H2,1-3H3/t18-/m1/s1. The Labute approximate surface area is 161 Å². The summed E-state index contributed by atoms with van der Waals surface area (Å²) in [4.78, 5) is 20.2. The Kier molecular flexibility index (Phi) is 6.85. The van der Waals surface area contributed by atoms with E-state index < -0.39 is 0 Å². The largest absolute Gasteiger partial charge is 0.385 e. The minimum atomic E-state index is 0.114. The lowest BCUT2D eigenvalue weighted by atomic mass is 10.0. The van der Waals surface area contributed by atoms with Crippen molar-refractivity contribution in [2.75, 3.05) is 26.8 Å². The van der Waals surface area contributed by atoms with Gasteiger partial charge in [0, 0.05) is 50.5 Å². The van der Waals surface area contributed by atoms with Crippen molar-refractivity contribution < 1.29 is 9.53 Å². The number of ether oxygens (including phenoxy) is 1. The van der Waals surface area contributed by atoms with Crippen LogP contribution in [0.15, 0.2) is 24.4 Å². The highest BCUT2D eigenvalue weighted by Gasteiger charge is 2.30. The van der Waals surface area contributed by atoms with E-state index in [0.717, 1.165) is 68.7 Å². The number of fused-ring (bicyclic) bond motifs is 1. The number of carbonyl (C=O) groups is 1. The molecule has 148 valence electrons. The Balaban J connectivity index is 1.91. The molecule has 1 amide bonds. The smallest absolute Gasteiger partial charge is 0.271 e. The molecule has 1 atom stereocenters. The van der Waals surface area contributed by atoms with Gasteiger partial charge in [0.05, 0.1) is 0 Å². The van der Waals surface area contributed by atoms with Gasteiger partial charge in [0.2, 0.25) is 0 Å². The van der Waals surface area contributed by atoms with Crippen LogP contribution in [0, 0.1) is 0 Å². The van der Waals surface area contributed by atoms with Gasteiger partial charge in [-0.25, -0.2) is 4.98 Å². The van der Waals surface area contributed by atoms with Gasteiger partial charge in [0.15, 0.2) is 0 Å².